The normalized spacial score (nSPS) is 20.9. The minimum absolute atomic E-state index is 0. The number of nitrogens with zero attached hydrogens (tertiary/aromatic N) is 4. The van der Waals surface area contributed by atoms with Gasteiger partial charge in [0, 0.05) is 32.8 Å². The molecule has 4 rings (SSSR count). The Morgan fingerprint density at radius 3 is 2.46 bits per heavy atom. The van der Waals surface area contributed by atoms with Crippen LogP contribution in [0.5, 0.6) is 5.75 Å². The topological polar surface area (TPSA) is 89.5 Å². The van der Waals surface area contributed by atoms with Gasteiger partial charge in [-0.2, -0.15) is 40.2 Å². The van der Waals surface area contributed by atoms with Crippen molar-refractivity contribution in [2.75, 3.05) is 24.4 Å². The molecular formula is C24H38F3N5O3S2. The number of aromatic nitrogens is 3. The summed E-state index contributed by atoms with van der Waals surface area (Å²) in [5, 5.41) is 2.89. The first-order valence-corrected chi connectivity index (χ1v) is 10.7. The lowest BCUT2D eigenvalue weighted by Crippen LogP contribution is -2.53. The minimum Gasteiger partial charge on any atom is -0.490 e. The molecule has 210 valence electrons. The number of fused-ring (bicyclic) bond motifs is 1. The van der Waals surface area contributed by atoms with Crippen molar-refractivity contribution in [2.24, 2.45) is 5.92 Å². The molecule has 37 heavy (non-hydrogen) atoms. The van der Waals surface area contributed by atoms with E-state index < -0.39 is 17.9 Å². The molecule has 13 heteroatoms. The van der Waals surface area contributed by atoms with E-state index in [-0.39, 0.29) is 71.6 Å². The number of ether oxygens (including phenoxy) is 2. The highest BCUT2D eigenvalue weighted by atomic mass is 32.1. The summed E-state index contributed by atoms with van der Waals surface area (Å²) < 4.78 is 49.5. The van der Waals surface area contributed by atoms with E-state index in [9.17, 15) is 18.0 Å². The van der Waals surface area contributed by atoms with Gasteiger partial charge in [-0.3, -0.25) is 9.78 Å². The molecule has 1 amide bonds. The van der Waals surface area contributed by atoms with Crippen molar-refractivity contribution in [3.63, 3.8) is 0 Å². The van der Waals surface area contributed by atoms with Crippen LogP contribution in [0.4, 0.5) is 24.7 Å². The number of carbonyl (C=O) groups is 1. The van der Waals surface area contributed by atoms with Crippen LogP contribution >= 0.6 is 27.0 Å². The zero-order chi connectivity index (χ0) is 23.9. The van der Waals surface area contributed by atoms with Crippen LogP contribution < -0.4 is 15.0 Å². The fourth-order valence-corrected chi connectivity index (χ4v) is 4.30. The standard InChI is InChI=1S/C22H26F3N5O3.2CH4.2H2S/c1-11-18-20(30(3)19(12(2)32-4)21(31)29-18)28-17(27-11)9-13-7-15(8-13)33-14-5-6-26-16(10-14)22(23,24)25;;;;/h5-6,10,12-13,15,19H,7-9H2,1-4H3,(H,29,31);2*1H4;2*1H2/t12-,13?,15?,19-;;;;/m0..../s1. The van der Waals surface area contributed by atoms with Gasteiger partial charge < -0.3 is 19.7 Å². The number of nitrogens with one attached hydrogen (secondary N) is 1. The lowest BCUT2D eigenvalue weighted by molar-refractivity contribution is -0.141. The van der Waals surface area contributed by atoms with Crippen LogP contribution in [0.3, 0.4) is 0 Å². The molecule has 0 unspecified atom stereocenters. The van der Waals surface area contributed by atoms with Gasteiger partial charge in [0.2, 0.25) is 5.91 Å². The third kappa shape index (κ3) is 7.41. The number of anilines is 2. The average molecular weight is 566 g/mol. The Balaban J connectivity index is 0.00000324. The average Bonchev–Trinajstić information content (AvgIpc) is 2.72. The molecule has 1 saturated carbocycles. The maximum absolute atomic E-state index is 12.8. The third-order valence-corrected chi connectivity index (χ3v) is 6.19. The van der Waals surface area contributed by atoms with Gasteiger partial charge in [0.05, 0.1) is 17.9 Å². The second-order valence-electron chi connectivity index (χ2n) is 8.57. The van der Waals surface area contributed by atoms with Crippen molar-refractivity contribution in [2.45, 2.75) is 72.4 Å². The summed E-state index contributed by atoms with van der Waals surface area (Å²) in [6.45, 7) is 3.65. The molecule has 1 aliphatic carbocycles. The highest BCUT2D eigenvalue weighted by molar-refractivity contribution is 7.59. The molecule has 0 spiro atoms. The second kappa shape index (κ2) is 13.5. The first kappa shape index (κ1) is 34.8. The molecule has 0 saturated heterocycles. The van der Waals surface area contributed by atoms with Crippen LogP contribution in [-0.2, 0) is 22.1 Å². The molecular weight excluding hydrogens is 527 g/mol. The Labute approximate surface area is 230 Å². The SMILES string of the molecule is C.C.CO[C@@H](C)[C@H]1C(=O)Nc2c(C)nc(CC3CC(Oc4ccnc(C(F)(F)F)c4)C3)nc2N1C.S.S. The summed E-state index contributed by atoms with van der Waals surface area (Å²) in [5.74, 6) is 1.56. The molecule has 8 nitrogen and oxygen atoms in total. The van der Waals surface area contributed by atoms with Gasteiger partial charge >= 0.3 is 6.18 Å². The Bertz CT molecular complexity index is 1050. The molecule has 2 aromatic rings. The Hall–Kier alpha value is -2.25. The van der Waals surface area contributed by atoms with Crippen molar-refractivity contribution >= 4 is 44.4 Å². The zero-order valence-electron chi connectivity index (χ0n) is 19.8. The fraction of sp³-hybridized carbons (Fsp3) is 0.583. The molecule has 1 aliphatic heterocycles. The lowest BCUT2D eigenvalue weighted by atomic mass is 9.80. The smallest absolute Gasteiger partial charge is 0.433 e. The number of pyridine rings is 1. The molecule has 2 aromatic heterocycles. The molecule has 0 bridgehead atoms. The molecule has 0 radical (unpaired) electrons. The van der Waals surface area contributed by atoms with Gasteiger partial charge in [-0.1, -0.05) is 14.9 Å². The number of methoxy groups -OCH3 is 1. The predicted molar refractivity (Wildman–Crippen MR) is 148 cm³/mol. The number of aryl methyl sites for hydroxylation is 1. The first-order chi connectivity index (χ1) is 15.6. The van der Waals surface area contributed by atoms with E-state index >= 15 is 0 Å². The highest BCUT2D eigenvalue weighted by Crippen LogP contribution is 2.37. The molecule has 1 N–H and O–H groups in total. The van der Waals surface area contributed by atoms with Gasteiger partial charge in [-0.05, 0) is 38.7 Å². The number of rotatable bonds is 6. The van der Waals surface area contributed by atoms with E-state index in [1.54, 1.807) is 7.11 Å². The number of hydrogen-bond acceptors (Lipinski definition) is 7. The molecule has 0 aromatic carbocycles. The third-order valence-electron chi connectivity index (χ3n) is 6.19. The zero-order valence-corrected chi connectivity index (χ0v) is 21.8. The summed E-state index contributed by atoms with van der Waals surface area (Å²) in [6, 6.07) is 1.85. The van der Waals surface area contributed by atoms with Gasteiger partial charge in [-0.15, -0.1) is 0 Å². The largest absolute Gasteiger partial charge is 0.490 e. The Morgan fingerprint density at radius 2 is 1.86 bits per heavy atom. The van der Waals surface area contributed by atoms with Gasteiger partial charge in [0.25, 0.3) is 0 Å². The second-order valence-corrected chi connectivity index (χ2v) is 8.57. The van der Waals surface area contributed by atoms with Gasteiger partial charge in [0.1, 0.15) is 29.0 Å². The molecule has 3 heterocycles. The van der Waals surface area contributed by atoms with E-state index in [4.69, 9.17) is 14.5 Å². The van der Waals surface area contributed by atoms with Crippen LogP contribution in [-0.4, -0.2) is 53.3 Å². The van der Waals surface area contributed by atoms with Crippen molar-refractivity contribution in [3.8, 4) is 5.75 Å². The van der Waals surface area contributed by atoms with Crippen LogP contribution in [0, 0.1) is 12.8 Å². The van der Waals surface area contributed by atoms with E-state index in [0.29, 0.717) is 42.3 Å². The number of halogens is 3. The van der Waals surface area contributed by atoms with E-state index in [0.717, 1.165) is 12.3 Å². The van der Waals surface area contributed by atoms with Crippen LogP contribution in [0.15, 0.2) is 18.3 Å². The van der Waals surface area contributed by atoms with Crippen molar-refractivity contribution in [3.05, 3.63) is 35.5 Å². The van der Waals surface area contributed by atoms with E-state index in [2.05, 4.69) is 15.3 Å². The first-order valence-electron chi connectivity index (χ1n) is 10.7. The van der Waals surface area contributed by atoms with Crippen LogP contribution in [0.2, 0.25) is 0 Å². The summed E-state index contributed by atoms with van der Waals surface area (Å²) in [4.78, 5) is 26.9. The maximum Gasteiger partial charge on any atom is 0.433 e. The van der Waals surface area contributed by atoms with Crippen molar-refractivity contribution < 1.29 is 27.4 Å². The van der Waals surface area contributed by atoms with Crippen molar-refractivity contribution in [1.82, 2.24) is 15.0 Å². The van der Waals surface area contributed by atoms with E-state index in [1.165, 1.54) is 6.07 Å². The monoisotopic (exact) mass is 565 g/mol. The van der Waals surface area contributed by atoms with Gasteiger partial charge in [0.15, 0.2) is 5.82 Å². The predicted octanol–water partition coefficient (Wildman–Crippen LogP) is 4.89. The quantitative estimate of drug-likeness (QED) is 0.534. The minimum atomic E-state index is -4.50. The Morgan fingerprint density at radius 1 is 1.22 bits per heavy atom. The lowest BCUT2D eigenvalue weighted by Gasteiger charge is -2.38. The van der Waals surface area contributed by atoms with Gasteiger partial charge in [-0.25, -0.2) is 9.97 Å². The van der Waals surface area contributed by atoms with Crippen LogP contribution in [0.1, 0.15) is 51.8 Å². The number of amides is 1. The molecule has 2 aliphatic rings. The number of hydrogen-bond donors (Lipinski definition) is 1. The number of carbonyl (C=O) groups excluding carboxylic acids is 1. The maximum atomic E-state index is 12.8. The summed E-state index contributed by atoms with van der Waals surface area (Å²) in [7, 11) is 3.37. The summed E-state index contributed by atoms with van der Waals surface area (Å²) >= 11 is 0. The Kier molecular flexibility index (Phi) is 12.7. The number of likely N-dealkylation sites (N-methyl/N-ethyl adjacent to an activating group) is 1. The summed E-state index contributed by atoms with van der Waals surface area (Å²) in [5.41, 5.74) is 0.312. The van der Waals surface area contributed by atoms with Crippen LogP contribution in [0.25, 0.3) is 0 Å². The van der Waals surface area contributed by atoms with Crippen molar-refractivity contribution in [1.29, 1.82) is 0 Å². The summed E-state index contributed by atoms with van der Waals surface area (Å²) in [6.07, 6.45) is -1.88. The fourth-order valence-electron chi connectivity index (χ4n) is 4.30. The molecule has 1 fully saturated rings. The highest BCUT2D eigenvalue weighted by Gasteiger charge is 2.38. The van der Waals surface area contributed by atoms with E-state index in [1.807, 2.05) is 25.8 Å². The number of alkyl halides is 3. The molecule has 2 atom stereocenters.